The van der Waals surface area contributed by atoms with Gasteiger partial charge in [0.05, 0.1) is 6.29 Å². The molecular weight excluding hydrogens is 473 g/mol. The summed E-state index contributed by atoms with van der Waals surface area (Å²) < 4.78 is 12.0. The maximum absolute atomic E-state index is 12.0. The number of unbranched alkanes of at least 4 members (excludes halogenated alkanes) is 5. The quantitative estimate of drug-likeness (QED) is 0.364. The van der Waals surface area contributed by atoms with Crippen molar-refractivity contribution in [2.45, 2.75) is 32.1 Å². The van der Waals surface area contributed by atoms with E-state index >= 15 is 0 Å². The minimum Gasteiger partial charge on any atom is -0.531 e. The third-order valence-electron chi connectivity index (χ3n) is 2.04. The Morgan fingerprint density at radius 2 is 2.05 bits per heavy atom. The number of aromatic hydroxyl groups is 1. The number of benzene rings is 1. The van der Waals surface area contributed by atoms with Crippen molar-refractivity contribution in [2.24, 2.45) is 0 Å². The molecule has 5 heteroatoms. The van der Waals surface area contributed by atoms with Gasteiger partial charge in [0.25, 0.3) is 0 Å². The second-order valence-corrected chi connectivity index (χ2v) is 3.52. The average Bonchev–Trinajstić information content (AvgIpc) is 2.38. The number of rotatable bonds is 7. The van der Waals surface area contributed by atoms with E-state index in [0.717, 1.165) is 37.9 Å². The molecule has 3 nitrogen and oxygen atoms in total. The summed E-state index contributed by atoms with van der Waals surface area (Å²) in [6.45, 7) is 0. The van der Waals surface area contributed by atoms with Gasteiger partial charge < -0.3 is 21.1 Å². The zero-order chi connectivity index (χ0) is 13.6. The SMILES string of the molecule is O=CC[CH-]CCCCC=O.Oc1cc[c-]cc1F.[U+2]. The first-order chi connectivity index (χ1) is 8.72. The van der Waals surface area contributed by atoms with Crippen molar-refractivity contribution in [3.8, 4) is 5.75 Å². The van der Waals surface area contributed by atoms with Crippen LogP contribution >= 0.6 is 0 Å². The summed E-state index contributed by atoms with van der Waals surface area (Å²) >= 11 is 0. The summed E-state index contributed by atoms with van der Waals surface area (Å²) in [5.74, 6) is -0.962. The molecule has 0 aromatic heterocycles. The molecule has 0 saturated heterocycles. The van der Waals surface area contributed by atoms with E-state index < -0.39 is 5.82 Å². The molecule has 1 aromatic carbocycles. The summed E-state index contributed by atoms with van der Waals surface area (Å²) in [5, 5.41) is 8.52. The predicted octanol–water partition coefficient (Wildman–Crippen LogP) is 2.87. The van der Waals surface area contributed by atoms with Crippen LogP contribution in [0, 0.1) is 49.4 Å². The second-order valence-electron chi connectivity index (χ2n) is 3.52. The molecule has 0 fully saturated rings. The summed E-state index contributed by atoms with van der Waals surface area (Å²) in [7, 11) is 0. The molecule has 0 aliphatic heterocycles. The van der Waals surface area contributed by atoms with Crippen LogP contribution in [0.25, 0.3) is 0 Å². The summed E-state index contributed by atoms with van der Waals surface area (Å²) in [4.78, 5) is 19.6. The molecule has 1 N–H and O–H groups in total. The molecule has 0 spiro atoms. The largest absolute Gasteiger partial charge is 2.00 e. The molecule has 0 aliphatic carbocycles. The van der Waals surface area contributed by atoms with Crippen molar-refractivity contribution in [2.75, 3.05) is 0 Å². The van der Waals surface area contributed by atoms with Gasteiger partial charge in [-0.15, -0.1) is 18.6 Å². The first-order valence-corrected chi connectivity index (χ1v) is 5.76. The Hall–Kier alpha value is -0.658. The Morgan fingerprint density at radius 3 is 2.53 bits per heavy atom. The first-order valence-electron chi connectivity index (χ1n) is 5.76. The van der Waals surface area contributed by atoms with Gasteiger partial charge in [-0.1, -0.05) is 6.42 Å². The van der Waals surface area contributed by atoms with Gasteiger partial charge in [0.2, 0.25) is 0 Å². The van der Waals surface area contributed by atoms with Gasteiger partial charge in [-0.3, -0.25) is 4.39 Å². The maximum atomic E-state index is 12.0. The van der Waals surface area contributed by atoms with E-state index in [9.17, 15) is 14.0 Å². The van der Waals surface area contributed by atoms with E-state index in [0.29, 0.717) is 12.8 Å². The number of aldehydes is 2. The Morgan fingerprint density at radius 1 is 1.32 bits per heavy atom. The van der Waals surface area contributed by atoms with Gasteiger partial charge in [-0.2, -0.15) is 18.6 Å². The van der Waals surface area contributed by atoms with E-state index in [2.05, 4.69) is 6.07 Å². The van der Waals surface area contributed by atoms with Crippen molar-refractivity contribution >= 4 is 12.6 Å². The third kappa shape index (κ3) is 13.6. The van der Waals surface area contributed by atoms with Crippen LogP contribution in [0.2, 0.25) is 0 Å². The molecule has 0 bridgehead atoms. The molecule has 19 heavy (non-hydrogen) atoms. The standard InChI is InChI=1S/C8H13O2.C6H4FO.U/c9-7-5-3-1-2-4-6-8-10;7-5-3-1-2-4-6(5)8;/h3,7-8H,1-2,4-6H2;2-4,8H;/q2*-1;+2. The molecule has 1 aromatic rings. The summed E-state index contributed by atoms with van der Waals surface area (Å²) in [6, 6.07) is 6.23. The normalized spacial score (nSPS) is 8.68. The van der Waals surface area contributed by atoms with Gasteiger partial charge in [0.1, 0.15) is 6.29 Å². The van der Waals surface area contributed by atoms with Crippen LogP contribution in [-0.2, 0) is 9.59 Å². The van der Waals surface area contributed by atoms with Crippen LogP contribution in [0.3, 0.4) is 0 Å². The number of carbonyl (C=O) groups excluding carboxylic acids is 2. The minimum atomic E-state index is -0.632. The Kier molecular flexibility index (Phi) is 16.7. The van der Waals surface area contributed by atoms with Gasteiger partial charge in [0.15, 0.2) is 0 Å². The number of carbonyl (C=O) groups is 2. The van der Waals surface area contributed by atoms with Crippen molar-refractivity contribution < 1.29 is 50.2 Å². The van der Waals surface area contributed by atoms with Crippen LogP contribution in [0.5, 0.6) is 5.75 Å². The minimum absolute atomic E-state index is 0. The molecule has 1 rings (SSSR count). The van der Waals surface area contributed by atoms with Crippen molar-refractivity contribution in [1.29, 1.82) is 0 Å². The molecule has 0 saturated carbocycles. The summed E-state index contributed by atoms with van der Waals surface area (Å²) in [5.41, 5.74) is 0. The molecule has 0 heterocycles. The van der Waals surface area contributed by atoms with Gasteiger partial charge in [-0.05, 0) is 6.42 Å². The van der Waals surface area contributed by atoms with Crippen LogP contribution in [0.4, 0.5) is 4.39 Å². The fourth-order valence-corrected chi connectivity index (χ4v) is 1.10. The fraction of sp³-hybridized carbons (Fsp3) is 0.357. The molecule has 0 unspecified atom stereocenters. The van der Waals surface area contributed by atoms with E-state index in [-0.39, 0.29) is 36.9 Å². The van der Waals surface area contributed by atoms with Gasteiger partial charge in [0, 0.05) is 18.0 Å². The predicted molar refractivity (Wildman–Crippen MR) is 66.4 cm³/mol. The summed E-state index contributed by atoms with van der Waals surface area (Å²) in [6.07, 6.45) is 7.87. The molecule has 0 amide bonds. The fourth-order valence-electron chi connectivity index (χ4n) is 1.10. The van der Waals surface area contributed by atoms with Crippen LogP contribution in [0.15, 0.2) is 18.2 Å². The second kappa shape index (κ2) is 15.4. The third-order valence-corrected chi connectivity index (χ3v) is 2.04. The Bertz CT molecular complexity index is 312. The first kappa shape index (κ1) is 20.7. The molecule has 0 atom stereocenters. The maximum Gasteiger partial charge on any atom is 2.00 e. The number of hydrogen-bond acceptors (Lipinski definition) is 3. The molecule has 0 radical (unpaired) electrons. The molecular formula is C14H17FO3U. The topological polar surface area (TPSA) is 54.4 Å². The monoisotopic (exact) mass is 490 g/mol. The Balaban J connectivity index is 0. The van der Waals surface area contributed by atoms with Crippen molar-refractivity contribution in [3.63, 3.8) is 0 Å². The van der Waals surface area contributed by atoms with E-state index in [1.165, 1.54) is 12.1 Å². The van der Waals surface area contributed by atoms with Crippen LogP contribution in [0.1, 0.15) is 32.1 Å². The van der Waals surface area contributed by atoms with E-state index in [1.807, 2.05) is 6.42 Å². The number of halogens is 1. The zero-order valence-electron chi connectivity index (χ0n) is 10.6. The number of phenolic OH excluding ortho intramolecular Hbond substituents is 1. The molecule has 0 aliphatic rings. The van der Waals surface area contributed by atoms with Crippen LogP contribution < -0.4 is 0 Å². The van der Waals surface area contributed by atoms with Crippen molar-refractivity contribution in [1.82, 2.24) is 0 Å². The average molecular weight is 490 g/mol. The smallest absolute Gasteiger partial charge is 0.531 e. The van der Waals surface area contributed by atoms with Crippen LogP contribution in [-0.4, -0.2) is 17.7 Å². The van der Waals surface area contributed by atoms with Gasteiger partial charge in [-0.25, -0.2) is 0 Å². The molecule has 102 valence electrons. The zero-order valence-corrected chi connectivity index (χ0v) is 14.8. The number of phenols is 1. The van der Waals surface area contributed by atoms with Gasteiger partial charge >= 0.3 is 31.1 Å². The Labute approximate surface area is 137 Å². The van der Waals surface area contributed by atoms with E-state index in [4.69, 9.17) is 5.11 Å². The number of hydrogen-bond donors (Lipinski definition) is 1. The van der Waals surface area contributed by atoms with E-state index in [1.54, 1.807) is 0 Å². The van der Waals surface area contributed by atoms with Crippen molar-refractivity contribution in [3.05, 3.63) is 36.5 Å².